The molecule has 0 amide bonds. The number of carbonyl (C=O) groups excluding carboxylic acids is 1. The zero-order valence-corrected chi connectivity index (χ0v) is 14.0. The highest BCUT2D eigenvalue weighted by Crippen LogP contribution is 2.28. The van der Waals surface area contributed by atoms with E-state index in [9.17, 15) is 13.2 Å². The lowest BCUT2D eigenvalue weighted by Gasteiger charge is -2.29. The van der Waals surface area contributed by atoms with Gasteiger partial charge in [0.05, 0.1) is 17.9 Å². The van der Waals surface area contributed by atoms with Gasteiger partial charge in [0, 0.05) is 23.2 Å². The van der Waals surface area contributed by atoms with Crippen molar-refractivity contribution < 1.29 is 17.9 Å². The highest BCUT2D eigenvalue weighted by atomic mass is 79.9. The number of ether oxygens (including phenoxy) is 1. The van der Waals surface area contributed by atoms with Crippen LogP contribution in [0, 0.1) is 5.92 Å². The molecule has 1 aliphatic heterocycles. The van der Waals surface area contributed by atoms with Gasteiger partial charge in [-0.3, -0.25) is 4.79 Å². The summed E-state index contributed by atoms with van der Waals surface area (Å²) in [4.78, 5) is 11.7. The van der Waals surface area contributed by atoms with E-state index in [4.69, 9.17) is 10.5 Å². The molecule has 1 aromatic rings. The van der Waals surface area contributed by atoms with E-state index in [0.717, 1.165) is 0 Å². The van der Waals surface area contributed by atoms with Crippen molar-refractivity contribution in [3.8, 4) is 0 Å². The quantitative estimate of drug-likeness (QED) is 0.639. The van der Waals surface area contributed by atoms with Gasteiger partial charge in [0.15, 0.2) is 0 Å². The van der Waals surface area contributed by atoms with Crippen molar-refractivity contribution in [1.82, 2.24) is 4.31 Å². The molecule has 0 bridgehead atoms. The number of benzene rings is 1. The Labute approximate surface area is 132 Å². The standard InChI is InChI=1S/C13H17BrN2O4S/c1-20-13(17)9-4-6-16(7-5-9)21(18,19)10-2-3-12(15)11(14)8-10/h2-3,8-9H,4-7,15H2,1H3. The van der Waals surface area contributed by atoms with Crippen molar-refractivity contribution in [3.05, 3.63) is 22.7 Å². The van der Waals surface area contributed by atoms with E-state index < -0.39 is 10.0 Å². The number of halogens is 1. The van der Waals surface area contributed by atoms with E-state index in [1.54, 1.807) is 6.07 Å². The van der Waals surface area contributed by atoms with E-state index in [2.05, 4.69) is 15.9 Å². The van der Waals surface area contributed by atoms with Gasteiger partial charge in [0.25, 0.3) is 0 Å². The van der Waals surface area contributed by atoms with Crippen LogP contribution in [0.2, 0.25) is 0 Å². The lowest BCUT2D eigenvalue weighted by atomic mass is 9.99. The van der Waals surface area contributed by atoms with Crippen molar-refractivity contribution in [3.63, 3.8) is 0 Å². The molecule has 0 aliphatic carbocycles. The van der Waals surface area contributed by atoms with Crippen LogP contribution in [-0.2, 0) is 19.6 Å². The van der Waals surface area contributed by atoms with Crippen LogP contribution >= 0.6 is 15.9 Å². The van der Waals surface area contributed by atoms with E-state index in [-0.39, 0.29) is 16.8 Å². The molecule has 6 nitrogen and oxygen atoms in total. The fraction of sp³-hybridized carbons (Fsp3) is 0.462. The minimum absolute atomic E-state index is 0.195. The number of esters is 1. The topological polar surface area (TPSA) is 89.7 Å². The summed E-state index contributed by atoms with van der Waals surface area (Å²) in [6.07, 6.45) is 0.949. The van der Waals surface area contributed by atoms with E-state index in [1.807, 2.05) is 0 Å². The van der Waals surface area contributed by atoms with E-state index >= 15 is 0 Å². The highest BCUT2D eigenvalue weighted by Gasteiger charge is 2.32. The molecule has 1 heterocycles. The monoisotopic (exact) mass is 376 g/mol. The van der Waals surface area contributed by atoms with Gasteiger partial charge < -0.3 is 10.5 Å². The number of nitrogens with two attached hydrogens (primary N) is 1. The molecule has 0 radical (unpaired) electrons. The molecule has 0 unspecified atom stereocenters. The summed E-state index contributed by atoms with van der Waals surface area (Å²) in [7, 11) is -2.22. The summed E-state index contributed by atoms with van der Waals surface area (Å²) in [6.45, 7) is 0.619. The predicted molar refractivity (Wildman–Crippen MR) is 82.1 cm³/mol. The van der Waals surface area contributed by atoms with Crippen LogP contribution in [0.5, 0.6) is 0 Å². The number of nitrogens with zero attached hydrogens (tertiary/aromatic N) is 1. The van der Waals surface area contributed by atoms with Crippen LogP contribution in [0.15, 0.2) is 27.6 Å². The van der Waals surface area contributed by atoms with E-state index in [0.29, 0.717) is 36.1 Å². The summed E-state index contributed by atoms with van der Waals surface area (Å²) in [5.74, 6) is -0.498. The Hall–Kier alpha value is -1.12. The number of nitrogen functional groups attached to an aromatic ring is 1. The average Bonchev–Trinajstić information content (AvgIpc) is 2.49. The Balaban J connectivity index is 2.14. The van der Waals surface area contributed by atoms with Crippen molar-refractivity contribution in [2.45, 2.75) is 17.7 Å². The van der Waals surface area contributed by atoms with Gasteiger partial charge in [0.1, 0.15) is 0 Å². The third-order valence-electron chi connectivity index (χ3n) is 3.60. The fourth-order valence-corrected chi connectivity index (χ4v) is 4.34. The van der Waals surface area contributed by atoms with E-state index in [1.165, 1.54) is 23.5 Å². The van der Waals surface area contributed by atoms with Crippen molar-refractivity contribution in [2.24, 2.45) is 5.92 Å². The SMILES string of the molecule is COC(=O)C1CCN(S(=O)(=O)c2ccc(N)c(Br)c2)CC1. The molecule has 0 atom stereocenters. The highest BCUT2D eigenvalue weighted by molar-refractivity contribution is 9.10. The Morgan fingerprint density at radius 2 is 2.00 bits per heavy atom. The second-order valence-electron chi connectivity index (χ2n) is 4.88. The van der Waals surface area contributed by atoms with Gasteiger partial charge in [-0.25, -0.2) is 8.42 Å². The molecule has 0 spiro atoms. The Morgan fingerprint density at radius 3 is 2.52 bits per heavy atom. The molecular formula is C13H17BrN2O4S. The Morgan fingerprint density at radius 1 is 1.38 bits per heavy atom. The molecule has 116 valence electrons. The molecule has 1 saturated heterocycles. The molecule has 0 aromatic heterocycles. The smallest absolute Gasteiger partial charge is 0.308 e. The third-order valence-corrected chi connectivity index (χ3v) is 6.18. The first-order valence-electron chi connectivity index (χ1n) is 6.49. The van der Waals surface area contributed by atoms with Crippen LogP contribution in [-0.4, -0.2) is 38.9 Å². The van der Waals surface area contributed by atoms with Crippen LogP contribution in [0.1, 0.15) is 12.8 Å². The maximum atomic E-state index is 12.5. The fourth-order valence-electron chi connectivity index (χ4n) is 2.32. The van der Waals surface area contributed by atoms with Gasteiger partial charge in [-0.2, -0.15) is 4.31 Å². The molecule has 1 aromatic carbocycles. The molecule has 1 aliphatic rings. The maximum absolute atomic E-state index is 12.5. The lowest BCUT2D eigenvalue weighted by Crippen LogP contribution is -2.40. The summed E-state index contributed by atoms with van der Waals surface area (Å²) >= 11 is 3.23. The second-order valence-corrected chi connectivity index (χ2v) is 7.68. The molecule has 0 saturated carbocycles. The number of hydrogen-bond donors (Lipinski definition) is 1. The molecule has 8 heteroatoms. The lowest BCUT2D eigenvalue weighted by molar-refractivity contribution is -0.146. The zero-order chi connectivity index (χ0) is 15.6. The summed E-state index contributed by atoms with van der Waals surface area (Å²) < 4.78 is 31.7. The molecule has 2 N–H and O–H groups in total. The third kappa shape index (κ3) is 3.38. The Kier molecular flexibility index (Phi) is 4.90. The van der Waals surface area contributed by atoms with Gasteiger partial charge in [-0.05, 0) is 47.0 Å². The van der Waals surface area contributed by atoms with Crippen LogP contribution in [0.3, 0.4) is 0 Å². The van der Waals surface area contributed by atoms with Gasteiger partial charge >= 0.3 is 5.97 Å². The number of sulfonamides is 1. The van der Waals surface area contributed by atoms with Gasteiger partial charge in [-0.1, -0.05) is 0 Å². The Bertz CT molecular complexity index is 640. The number of methoxy groups -OCH3 is 1. The van der Waals surface area contributed by atoms with Crippen LogP contribution < -0.4 is 5.73 Å². The first kappa shape index (κ1) is 16.3. The molecule has 21 heavy (non-hydrogen) atoms. The minimum Gasteiger partial charge on any atom is -0.469 e. The average molecular weight is 377 g/mol. The summed E-state index contributed by atoms with van der Waals surface area (Å²) in [5.41, 5.74) is 6.16. The van der Waals surface area contributed by atoms with Crippen LogP contribution in [0.4, 0.5) is 5.69 Å². The number of piperidine rings is 1. The number of hydrogen-bond acceptors (Lipinski definition) is 5. The van der Waals surface area contributed by atoms with Crippen LogP contribution in [0.25, 0.3) is 0 Å². The number of carbonyl (C=O) groups is 1. The summed E-state index contributed by atoms with van der Waals surface area (Å²) in [5, 5.41) is 0. The van der Waals surface area contributed by atoms with Crippen molar-refractivity contribution >= 4 is 37.6 Å². The first-order valence-corrected chi connectivity index (χ1v) is 8.72. The predicted octanol–water partition coefficient (Wildman–Crippen LogP) is 1.60. The van der Waals surface area contributed by atoms with Gasteiger partial charge in [0.2, 0.25) is 10.0 Å². The second kappa shape index (κ2) is 6.33. The molecular weight excluding hydrogens is 360 g/mol. The minimum atomic E-state index is -3.56. The zero-order valence-electron chi connectivity index (χ0n) is 11.6. The number of anilines is 1. The largest absolute Gasteiger partial charge is 0.469 e. The first-order chi connectivity index (χ1) is 9.86. The normalized spacial score (nSPS) is 17.6. The molecule has 1 fully saturated rings. The van der Waals surface area contributed by atoms with Crippen molar-refractivity contribution in [2.75, 3.05) is 25.9 Å². The number of rotatable bonds is 3. The van der Waals surface area contributed by atoms with Crippen molar-refractivity contribution in [1.29, 1.82) is 0 Å². The summed E-state index contributed by atoms with van der Waals surface area (Å²) in [6, 6.07) is 4.54. The maximum Gasteiger partial charge on any atom is 0.308 e. The molecule has 2 rings (SSSR count). The van der Waals surface area contributed by atoms with Gasteiger partial charge in [-0.15, -0.1) is 0 Å².